The summed E-state index contributed by atoms with van der Waals surface area (Å²) in [6.07, 6.45) is 2.08. The number of allylic oxidation sites excluding steroid dienone is 1. The monoisotopic (exact) mass is 553 g/mol. The van der Waals surface area contributed by atoms with Crippen LogP contribution in [0.1, 0.15) is 39.2 Å². The quantitative estimate of drug-likeness (QED) is 0.355. The maximum absolute atomic E-state index is 12.9. The lowest BCUT2D eigenvalue weighted by atomic mass is 10.1. The number of benzene rings is 1. The molecule has 13 nitrogen and oxygen atoms in total. The largest absolute Gasteiger partial charge is 0.492 e. The molecule has 4 N–H and O–H groups in total. The molecule has 4 rings (SSSR count). The standard InChI is InChI=1S/C27H35N7O6/c1-4-39-23-22(26(36)40-5-2)32-24(33-25(23)34-12-14-38-15-13-34)18-6-8-19(9-7-18)30-27(37)31-20-10-11-21(28-16-20)29-17(3)35/h6-9,16,25H,4-5,10-15H2,1-3H3,(H,32,33)(H,28,29,35)(H2,30,31,37). The Labute approximate surface area is 232 Å². The lowest BCUT2D eigenvalue weighted by Crippen LogP contribution is -2.49. The molecule has 3 heterocycles. The summed E-state index contributed by atoms with van der Waals surface area (Å²) in [5.74, 6) is 0.778. The van der Waals surface area contributed by atoms with Gasteiger partial charge in [0.2, 0.25) is 5.91 Å². The third-order valence-corrected chi connectivity index (χ3v) is 6.16. The summed E-state index contributed by atoms with van der Waals surface area (Å²) in [7, 11) is 0. The number of urea groups is 1. The minimum atomic E-state index is -0.517. The molecule has 0 aliphatic carbocycles. The Kier molecular flexibility index (Phi) is 9.86. The van der Waals surface area contributed by atoms with Gasteiger partial charge in [-0.3, -0.25) is 9.69 Å². The number of amidine groups is 2. The number of rotatable bonds is 8. The highest BCUT2D eigenvalue weighted by atomic mass is 16.5. The van der Waals surface area contributed by atoms with Gasteiger partial charge in [0, 0.05) is 49.6 Å². The normalized spacial score (nSPS) is 19.4. The molecule has 40 heavy (non-hydrogen) atoms. The zero-order chi connectivity index (χ0) is 28.5. The van der Waals surface area contributed by atoms with Crippen LogP contribution in [0.15, 0.2) is 57.6 Å². The van der Waals surface area contributed by atoms with Crippen molar-refractivity contribution in [3.63, 3.8) is 0 Å². The number of morpholine rings is 1. The van der Waals surface area contributed by atoms with Crippen molar-refractivity contribution >= 4 is 35.3 Å². The molecule has 0 aromatic heterocycles. The summed E-state index contributed by atoms with van der Waals surface area (Å²) in [6.45, 7) is 8.02. The van der Waals surface area contributed by atoms with Gasteiger partial charge in [-0.15, -0.1) is 0 Å². The zero-order valence-electron chi connectivity index (χ0n) is 22.9. The van der Waals surface area contributed by atoms with Gasteiger partial charge < -0.3 is 35.5 Å². The lowest BCUT2D eigenvalue weighted by Gasteiger charge is -2.36. The molecule has 13 heteroatoms. The molecule has 1 aromatic rings. The summed E-state index contributed by atoms with van der Waals surface area (Å²) >= 11 is 0. The average molecular weight is 554 g/mol. The van der Waals surface area contributed by atoms with Crippen LogP contribution >= 0.6 is 0 Å². The molecule has 3 amide bonds. The van der Waals surface area contributed by atoms with Gasteiger partial charge in [0.25, 0.3) is 0 Å². The molecule has 1 saturated heterocycles. The van der Waals surface area contributed by atoms with Gasteiger partial charge in [0.05, 0.1) is 26.4 Å². The highest BCUT2D eigenvalue weighted by Crippen LogP contribution is 2.25. The SMILES string of the molecule is CCOC(=O)C1=C(OCC)C(N2CCOCC2)N=C(c2ccc(NC(=O)NC3=CN=C(NC(C)=O)CC3)cc2)N1. The number of carbonyl (C=O) groups excluding carboxylic acids is 3. The van der Waals surface area contributed by atoms with Gasteiger partial charge in [-0.1, -0.05) is 0 Å². The maximum atomic E-state index is 12.9. The fourth-order valence-corrected chi connectivity index (χ4v) is 4.35. The Balaban J connectivity index is 1.48. The first-order chi connectivity index (χ1) is 19.4. The van der Waals surface area contributed by atoms with E-state index < -0.39 is 18.2 Å². The minimum absolute atomic E-state index is 0.182. The van der Waals surface area contributed by atoms with E-state index in [1.807, 2.05) is 6.92 Å². The molecule has 1 fully saturated rings. The number of nitrogens with one attached hydrogen (secondary N) is 4. The number of nitrogens with zero attached hydrogens (tertiary/aromatic N) is 3. The second kappa shape index (κ2) is 13.7. The second-order valence-corrected chi connectivity index (χ2v) is 9.09. The smallest absolute Gasteiger partial charge is 0.358 e. The van der Waals surface area contributed by atoms with Crippen LogP contribution in [0.2, 0.25) is 0 Å². The predicted molar refractivity (Wildman–Crippen MR) is 148 cm³/mol. The Bertz CT molecular complexity index is 1230. The fourth-order valence-electron chi connectivity index (χ4n) is 4.35. The van der Waals surface area contributed by atoms with Crippen LogP contribution in [0.4, 0.5) is 10.5 Å². The fraction of sp³-hybridized carbons (Fsp3) is 0.444. The average Bonchev–Trinajstić information content (AvgIpc) is 2.95. The molecule has 214 valence electrons. The molecule has 0 radical (unpaired) electrons. The number of amides is 3. The second-order valence-electron chi connectivity index (χ2n) is 9.09. The van der Waals surface area contributed by atoms with E-state index in [9.17, 15) is 14.4 Å². The molecule has 3 aliphatic heterocycles. The molecular formula is C27H35N7O6. The van der Waals surface area contributed by atoms with Crippen molar-refractivity contribution < 1.29 is 28.6 Å². The third kappa shape index (κ3) is 7.45. The number of esters is 1. The van der Waals surface area contributed by atoms with Gasteiger partial charge in [-0.25, -0.2) is 19.6 Å². The summed E-state index contributed by atoms with van der Waals surface area (Å²) in [6, 6.07) is 6.69. The third-order valence-electron chi connectivity index (χ3n) is 6.16. The number of anilines is 1. The van der Waals surface area contributed by atoms with Crippen molar-refractivity contribution in [2.45, 2.75) is 39.8 Å². The summed E-state index contributed by atoms with van der Waals surface area (Å²) in [4.78, 5) is 47.7. The molecule has 0 saturated carbocycles. The van der Waals surface area contributed by atoms with Gasteiger partial charge in [0.15, 0.2) is 17.6 Å². The summed E-state index contributed by atoms with van der Waals surface area (Å²) in [5, 5.41) is 11.3. The first kappa shape index (κ1) is 28.8. The molecule has 0 spiro atoms. The number of carbonyl (C=O) groups is 3. The van der Waals surface area contributed by atoms with E-state index in [0.717, 1.165) is 5.56 Å². The van der Waals surface area contributed by atoms with E-state index in [0.29, 0.717) is 74.6 Å². The predicted octanol–water partition coefficient (Wildman–Crippen LogP) is 1.80. The van der Waals surface area contributed by atoms with Crippen molar-refractivity contribution in [1.82, 2.24) is 20.9 Å². The minimum Gasteiger partial charge on any atom is -0.492 e. The molecule has 1 atom stereocenters. The molecular weight excluding hydrogens is 518 g/mol. The topological polar surface area (TPSA) is 155 Å². The van der Waals surface area contributed by atoms with Crippen LogP contribution in [-0.4, -0.2) is 80.2 Å². The number of hydrogen-bond acceptors (Lipinski definition) is 10. The van der Waals surface area contributed by atoms with Crippen LogP contribution in [0.3, 0.4) is 0 Å². The maximum Gasteiger partial charge on any atom is 0.358 e. The zero-order valence-corrected chi connectivity index (χ0v) is 22.9. The first-order valence-corrected chi connectivity index (χ1v) is 13.3. The van der Waals surface area contributed by atoms with Crippen molar-refractivity contribution in [3.05, 3.63) is 53.2 Å². The summed E-state index contributed by atoms with van der Waals surface area (Å²) in [5.41, 5.74) is 2.15. The molecule has 3 aliphatic rings. The van der Waals surface area contributed by atoms with E-state index >= 15 is 0 Å². The Morgan fingerprint density at radius 1 is 1.05 bits per heavy atom. The van der Waals surface area contributed by atoms with Crippen molar-refractivity contribution in [3.8, 4) is 0 Å². The van der Waals surface area contributed by atoms with Gasteiger partial charge in [0.1, 0.15) is 11.7 Å². The summed E-state index contributed by atoms with van der Waals surface area (Å²) < 4.78 is 16.7. The molecule has 1 unspecified atom stereocenters. The Hall–Kier alpha value is -4.23. The van der Waals surface area contributed by atoms with Crippen molar-refractivity contribution in [1.29, 1.82) is 0 Å². The van der Waals surface area contributed by atoms with E-state index in [1.54, 1.807) is 31.2 Å². The van der Waals surface area contributed by atoms with Crippen LogP contribution < -0.4 is 21.3 Å². The van der Waals surface area contributed by atoms with Crippen LogP contribution in [0, 0.1) is 0 Å². The molecule has 0 bridgehead atoms. The van der Waals surface area contributed by atoms with E-state index in [1.165, 1.54) is 13.1 Å². The van der Waals surface area contributed by atoms with E-state index in [4.69, 9.17) is 19.2 Å². The van der Waals surface area contributed by atoms with Crippen LogP contribution in [-0.2, 0) is 23.8 Å². The molecule has 1 aromatic carbocycles. The highest BCUT2D eigenvalue weighted by molar-refractivity contribution is 6.06. The van der Waals surface area contributed by atoms with Crippen LogP contribution in [0.5, 0.6) is 0 Å². The van der Waals surface area contributed by atoms with Gasteiger partial charge in [-0.2, -0.15) is 0 Å². The lowest BCUT2D eigenvalue weighted by molar-refractivity contribution is -0.139. The highest BCUT2D eigenvalue weighted by Gasteiger charge is 2.35. The first-order valence-electron chi connectivity index (χ1n) is 13.3. The van der Waals surface area contributed by atoms with E-state index in [2.05, 4.69) is 31.2 Å². The van der Waals surface area contributed by atoms with Gasteiger partial charge >= 0.3 is 12.0 Å². The van der Waals surface area contributed by atoms with Crippen LogP contribution in [0.25, 0.3) is 0 Å². The number of hydrogen-bond donors (Lipinski definition) is 4. The Morgan fingerprint density at radius 2 is 1.80 bits per heavy atom. The number of ether oxygens (including phenoxy) is 3. The number of aliphatic imine (C=N–C) groups is 2. The Morgan fingerprint density at radius 3 is 2.42 bits per heavy atom. The van der Waals surface area contributed by atoms with Crippen molar-refractivity contribution in [2.24, 2.45) is 9.98 Å². The van der Waals surface area contributed by atoms with E-state index in [-0.39, 0.29) is 18.2 Å². The van der Waals surface area contributed by atoms with Crippen molar-refractivity contribution in [2.75, 3.05) is 44.8 Å². The van der Waals surface area contributed by atoms with Gasteiger partial charge in [-0.05, 0) is 44.5 Å².